The monoisotopic (exact) mass is 575 g/mol. The average Bonchev–Trinajstić information content (AvgIpc) is 2.91. The van der Waals surface area contributed by atoms with Crippen LogP contribution in [0.2, 0.25) is 0 Å². The van der Waals surface area contributed by atoms with Crippen LogP contribution in [-0.4, -0.2) is 65.6 Å². The Hall–Kier alpha value is -3.62. The first-order valence-electron chi connectivity index (χ1n) is 12.6. The normalized spacial score (nSPS) is 20.4. The van der Waals surface area contributed by atoms with Crippen molar-refractivity contribution in [1.82, 2.24) is 9.88 Å². The number of pyridine rings is 1. The molecule has 4 rings (SSSR count). The van der Waals surface area contributed by atoms with Gasteiger partial charge >= 0.3 is 12.4 Å². The summed E-state index contributed by atoms with van der Waals surface area (Å²) in [5.74, 6) is 0.205. The molecule has 0 spiro atoms. The number of nitro groups is 1. The van der Waals surface area contributed by atoms with Crippen molar-refractivity contribution < 1.29 is 40.8 Å². The first-order chi connectivity index (χ1) is 18.8. The van der Waals surface area contributed by atoms with Gasteiger partial charge in [0.25, 0.3) is 5.69 Å². The fraction of sp³-hybridized carbons (Fsp3) is 0.520. The van der Waals surface area contributed by atoms with Gasteiger partial charge in [-0.2, -0.15) is 26.3 Å². The Morgan fingerprint density at radius 1 is 1.00 bits per heavy atom. The SMILES string of the molecule is O=C(COC1CCC(Nc2ccc([N+](=O)[O-])c(C(F)(F)F)c2)CC1)N1CCN(c2ccc(C(F)(F)F)cn2)CC1. The Balaban J connectivity index is 1.19. The second kappa shape index (κ2) is 11.9. The number of hydrogen-bond donors (Lipinski definition) is 1. The van der Waals surface area contributed by atoms with Gasteiger partial charge in [-0.3, -0.25) is 14.9 Å². The minimum absolute atomic E-state index is 0.126. The number of aromatic nitrogens is 1. The second-order valence-electron chi connectivity index (χ2n) is 9.69. The van der Waals surface area contributed by atoms with E-state index in [-0.39, 0.29) is 30.3 Å². The Morgan fingerprint density at radius 2 is 1.68 bits per heavy atom. The number of alkyl halides is 6. The van der Waals surface area contributed by atoms with Crippen LogP contribution in [-0.2, 0) is 21.9 Å². The second-order valence-corrected chi connectivity index (χ2v) is 9.69. The van der Waals surface area contributed by atoms with Crippen LogP contribution < -0.4 is 10.2 Å². The average molecular weight is 576 g/mol. The molecule has 1 amide bonds. The van der Waals surface area contributed by atoms with Crippen LogP contribution in [0.25, 0.3) is 0 Å². The van der Waals surface area contributed by atoms with E-state index in [1.807, 2.05) is 4.90 Å². The Bertz CT molecular complexity index is 1190. The summed E-state index contributed by atoms with van der Waals surface area (Å²) in [4.78, 5) is 29.8. The van der Waals surface area contributed by atoms with Crippen molar-refractivity contribution in [2.45, 2.75) is 50.2 Å². The van der Waals surface area contributed by atoms with E-state index in [0.29, 0.717) is 57.7 Å². The van der Waals surface area contributed by atoms with Crippen LogP contribution in [0.5, 0.6) is 0 Å². The lowest BCUT2D eigenvalue weighted by molar-refractivity contribution is -0.388. The molecule has 40 heavy (non-hydrogen) atoms. The Morgan fingerprint density at radius 3 is 2.23 bits per heavy atom. The molecular weight excluding hydrogens is 548 g/mol. The first kappa shape index (κ1) is 29.4. The van der Waals surface area contributed by atoms with Gasteiger partial charge in [0.05, 0.1) is 16.6 Å². The molecule has 1 N–H and O–H groups in total. The number of benzene rings is 1. The van der Waals surface area contributed by atoms with E-state index in [9.17, 15) is 41.3 Å². The van der Waals surface area contributed by atoms with Gasteiger partial charge in [-0.15, -0.1) is 0 Å². The number of hydrogen-bond acceptors (Lipinski definition) is 7. The highest BCUT2D eigenvalue weighted by molar-refractivity contribution is 5.77. The Kier molecular flexibility index (Phi) is 8.71. The highest BCUT2D eigenvalue weighted by Gasteiger charge is 2.38. The van der Waals surface area contributed by atoms with Crippen molar-refractivity contribution in [3.8, 4) is 0 Å². The molecule has 1 saturated carbocycles. The van der Waals surface area contributed by atoms with Crippen LogP contribution >= 0.6 is 0 Å². The molecule has 0 unspecified atom stereocenters. The van der Waals surface area contributed by atoms with Crippen LogP contribution in [0.1, 0.15) is 36.8 Å². The van der Waals surface area contributed by atoms with Gasteiger partial charge in [0.2, 0.25) is 5.91 Å². The molecule has 1 aromatic heterocycles. The van der Waals surface area contributed by atoms with Crippen LogP contribution in [0.15, 0.2) is 36.5 Å². The van der Waals surface area contributed by atoms with Gasteiger partial charge in [-0.1, -0.05) is 0 Å². The van der Waals surface area contributed by atoms with Crippen LogP contribution in [0.4, 0.5) is 43.5 Å². The van der Waals surface area contributed by atoms with Gasteiger partial charge in [0, 0.05) is 50.2 Å². The minimum Gasteiger partial charge on any atom is -0.382 e. The highest BCUT2D eigenvalue weighted by Crippen LogP contribution is 2.38. The molecule has 1 saturated heterocycles. The fourth-order valence-corrected chi connectivity index (χ4v) is 4.83. The summed E-state index contributed by atoms with van der Waals surface area (Å²) < 4.78 is 83.7. The molecule has 0 radical (unpaired) electrons. The number of rotatable bonds is 7. The van der Waals surface area contributed by atoms with Crippen molar-refractivity contribution in [2.75, 3.05) is 43.0 Å². The van der Waals surface area contributed by atoms with Crippen LogP contribution in [0.3, 0.4) is 0 Å². The number of amides is 1. The zero-order valence-corrected chi connectivity index (χ0v) is 21.2. The van der Waals surface area contributed by atoms with E-state index in [1.165, 1.54) is 12.1 Å². The quantitative estimate of drug-likeness (QED) is 0.278. The predicted octanol–water partition coefficient (Wildman–Crippen LogP) is 5.12. The molecular formula is C25H27F6N5O4. The molecule has 218 valence electrons. The third-order valence-electron chi connectivity index (χ3n) is 7.02. The number of carbonyl (C=O) groups excluding carboxylic acids is 1. The van der Waals surface area contributed by atoms with E-state index in [1.54, 1.807) is 4.90 Å². The smallest absolute Gasteiger partial charge is 0.382 e. The maximum atomic E-state index is 13.2. The van der Waals surface area contributed by atoms with Gasteiger partial charge in [0.1, 0.15) is 18.0 Å². The van der Waals surface area contributed by atoms with E-state index in [2.05, 4.69) is 10.3 Å². The zero-order chi connectivity index (χ0) is 29.1. The molecule has 1 aliphatic carbocycles. The maximum absolute atomic E-state index is 13.2. The van der Waals surface area contributed by atoms with Gasteiger partial charge in [-0.05, 0) is 49.9 Å². The summed E-state index contributed by atoms with van der Waals surface area (Å²) in [6, 6.07) is 4.97. The lowest BCUT2D eigenvalue weighted by Crippen LogP contribution is -2.50. The summed E-state index contributed by atoms with van der Waals surface area (Å²) >= 11 is 0. The molecule has 1 aliphatic heterocycles. The first-order valence-corrected chi connectivity index (χ1v) is 12.6. The number of nitrogens with zero attached hydrogens (tertiary/aromatic N) is 4. The number of piperazine rings is 1. The summed E-state index contributed by atoms with van der Waals surface area (Å²) in [6.45, 7) is 1.45. The van der Waals surface area contributed by atoms with E-state index in [4.69, 9.17) is 4.74 Å². The van der Waals surface area contributed by atoms with Crippen molar-refractivity contribution in [3.05, 3.63) is 57.8 Å². The lowest BCUT2D eigenvalue weighted by Gasteiger charge is -2.36. The number of halogens is 6. The summed E-state index contributed by atoms with van der Waals surface area (Å²) in [5, 5.41) is 13.9. The number of nitro benzene ring substituents is 1. The predicted molar refractivity (Wildman–Crippen MR) is 132 cm³/mol. The zero-order valence-electron chi connectivity index (χ0n) is 21.2. The third-order valence-corrected chi connectivity index (χ3v) is 7.02. The van der Waals surface area contributed by atoms with Gasteiger partial charge < -0.3 is 19.9 Å². The lowest BCUT2D eigenvalue weighted by atomic mass is 9.92. The van der Waals surface area contributed by atoms with E-state index >= 15 is 0 Å². The number of ether oxygens (including phenoxy) is 1. The van der Waals surface area contributed by atoms with Gasteiger partial charge in [-0.25, -0.2) is 4.98 Å². The number of carbonyl (C=O) groups is 1. The fourth-order valence-electron chi connectivity index (χ4n) is 4.83. The molecule has 2 heterocycles. The molecule has 2 aromatic rings. The number of anilines is 2. The molecule has 0 atom stereocenters. The van der Waals surface area contributed by atoms with E-state index < -0.39 is 34.1 Å². The largest absolute Gasteiger partial charge is 0.423 e. The van der Waals surface area contributed by atoms with Crippen LogP contribution in [0, 0.1) is 10.1 Å². The van der Waals surface area contributed by atoms with E-state index in [0.717, 1.165) is 24.4 Å². The number of nitrogens with one attached hydrogen (secondary N) is 1. The Labute approximate surface area is 225 Å². The maximum Gasteiger partial charge on any atom is 0.423 e. The summed E-state index contributed by atoms with van der Waals surface area (Å²) in [6.07, 6.45) is -6.40. The topological polar surface area (TPSA) is 101 Å². The minimum atomic E-state index is -4.86. The molecule has 9 nitrogen and oxygen atoms in total. The molecule has 1 aromatic carbocycles. The molecule has 0 bridgehead atoms. The summed E-state index contributed by atoms with van der Waals surface area (Å²) in [5.41, 5.74) is -3.00. The molecule has 2 aliphatic rings. The van der Waals surface area contributed by atoms with Crippen molar-refractivity contribution in [3.63, 3.8) is 0 Å². The van der Waals surface area contributed by atoms with Crippen molar-refractivity contribution in [2.24, 2.45) is 0 Å². The van der Waals surface area contributed by atoms with Crippen molar-refractivity contribution in [1.29, 1.82) is 0 Å². The molecule has 2 fully saturated rings. The highest BCUT2D eigenvalue weighted by atomic mass is 19.4. The summed E-state index contributed by atoms with van der Waals surface area (Å²) in [7, 11) is 0. The third kappa shape index (κ3) is 7.31. The molecule has 15 heteroatoms. The standard InChI is InChI=1S/C25H27F6N5O4/c26-24(27,28)16-1-8-22(32-14-16)34-9-11-35(12-10-34)23(37)15-40-19-5-2-17(3-6-19)33-18-4-7-21(36(38)39)20(13-18)25(29,30)31/h1,4,7-8,13-14,17,19,33H,2-3,5-6,9-12,15H2. The van der Waals surface area contributed by atoms with Crippen molar-refractivity contribution >= 4 is 23.1 Å². The van der Waals surface area contributed by atoms with Gasteiger partial charge in [0.15, 0.2) is 0 Å².